The number of hydrazone groups is 1. The number of carbonyl (C=O) groups is 1. The number of hydrogen-bond donors (Lipinski definition) is 1. The molecule has 12 nitrogen and oxygen atoms in total. The molecule has 3 rings (SSSR count). The summed E-state index contributed by atoms with van der Waals surface area (Å²) >= 11 is 0. The molecule has 0 saturated carbocycles. The van der Waals surface area contributed by atoms with Crippen LogP contribution in [0.25, 0.3) is 0 Å². The smallest absolute Gasteiger partial charge is 0.273 e. The van der Waals surface area contributed by atoms with Gasteiger partial charge in [-0.1, -0.05) is 18.7 Å². The third-order valence-electron chi connectivity index (χ3n) is 5.56. The predicted octanol–water partition coefficient (Wildman–Crippen LogP) is 3.83. The molecule has 0 unspecified atom stereocenters. The number of rotatable bonds is 13. The maximum absolute atomic E-state index is 13.6. The highest BCUT2D eigenvalue weighted by atomic mass is 32.2. The summed E-state index contributed by atoms with van der Waals surface area (Å²) in [7, 11) is -1.46. The number of carbonyl (C=O) groups excluding carboxylic acids is 1. The summed E-state index contributed by atoms with van der Waals surface area (Å²) in [5.41, 5.74) is 2.96. The molecular formula is C27H28N4O8S. The first-order chi connectivity index (χ1) is 19.1. The number of nitrogens with one attached hydrogen (secondary N) is 1. The first-order valence-electron chi connectivity index (χ1n) is 11.8. The average molecular weight is 569 g/mol. The zero-order valence-corrected chi connectivity index (χ0v) is 22.9. The summed E-state index contributed by atoms with van der Waals surface area (Å²) in [6.07, 6.45) is 2.95. The highest BCUT2D eigenvalue weighted by molar-refractivity contribution is 7.92. The standard InChI is InChI=1S/C27H28N4O8S/c1-5-14-39-25-13-7-20(15-26(25)38-4)17-28-29-27(32)18-30(21-8-10-22(37-3)11-9-21)40(35,36)23-12-6-19(2)24(16-23)31(33)34/h5-13,15-17H,1,14,18H2,2-4H3,(H,29,32)/b28-17-. The molecule has 0 radical (unpaired) electrons. The van der Waals surface area contributed by atoms with Gasteiger partial charge in [0, 0.05) is 11.6 Å². The topological polar surface area (TPSA) is 150 Å². The molecule has 3 aromatic rings. The van der Waals surface area contributed by atoms with Crippen molar-refractivity contribution in [3.8, 4) is 17.2 Å². The maximum Gasteiger partial charge on any atom is 0.273 e. The number of methoxy groups -OCH3 is 2. The van der Waals surface area contributed by atoms with Crippen LogP contribution >= 0.6 is 0 Å². The summed E-state index contributed by atoms with van der Waals surface area (Å²) in [5.74, 6) is 0.661. The van der Waals surface area contributed by atoms with Crippen LogP contribution in [-0.2, 0) is 14.8 Å². The Labute approximate surface area is 231 Å². The van der Waals surface area contributed by atoms with Crippen molar-refractivity contribution in [1.82, 2.24) is 5.43 Å². The lowest BCUT2D eigenvalue weighted by atomic mass is 10.2. The largest absolute Gasteiger partial charge is 0.497 e. The van der Waals surface area contributed by atoms with Crippen molar-refractivity contribution in [1.29, 1.82) is 0 Å². The minimum Gasteiger partial charge on any atom is -0.497 e. The van der Waals surface area contributed by atoms with Crippen LogP contribution in [-0.4, -0.2) is 52.8 Å². The van der Waals surface area contributed by atoms with E-state index in [1.54, 1.807) is 24.3 Å². The number of sulfonamides is 1. The number of hydrogen-bond acceptors (Lipinski definition) is 9. The molecule has 3 aromatic carbocycles. The highest BCUT2D eigenvalue weighted by Crippen LogP contribution is 2.29. The Balaban J connectivity index is 1.86. The van der Waals surface area contributed by atoms with Crippen molar-refractivity contribution in [2.75, 3.05) is 31.7 Å². The molecule has 1 N–H and O–H groups in total. The van der Waals surface area contributed by atoms with Crippen LogP contribution in [0, 0.1) is 17.0 Å². The van der Waals surface area contributed by atoms with E-state index in [1.807, 2.05) is 0 Å². The Bertz CT molecular complexity index is 1520. The Hall–Kier alpha value is -4.91. The fraction of sp³-hybridized carbons (Fsp3) is 0.185. The lowest BCUT2D eigenvalue weighted by molar-refractivity contribution is -0.385. The summed E-state index contributed by atoms with van der Waals surface area (Å²) in [5, 5.41) is 15.3. The Kier molecular flexibility index (Phi) is 9.81. The van der Waals surface area contributed by atoms with Crippen LogP contribution in [0.1, 0.15) is 11.1 Å². The van der Waals surface area contributed by atoms with Crippen LogP contribution in [0.3, 0.4) is 0 Å². The lowest BCUT2D eigenvalue weighted by Crippen LogP contribution is -2.39. The number of nitrogens with zero attached hydrogens (tertiary/aromatic N) is 3. The third kappa shape index (κ3) is 7.14. The molecule has 1 amide bonds. The van der Waals surface area contributed by atoms with Gasteiger partial charge in [-0.3, -0.25) is 19.2 Å². The second kappa shape index (κ2) is 13.2. The van der Waals surface area contributed by atoms with Crippen molar-refractivity contribution >= 4 is 33.5 Å². The molecule has 0 aliphatic rings. The number of nitro groups is 1. The second-order valence-corrected chi connectivity index (χ2v) is 10.1. The van der Waals surface area contributed by atoms with Crippen LogP contribution in [0.15, 0.2) is 83.3 Å². The summed E-state index contributed by atoms with van der Waals surface area (Å²) in [4.78, 5) is 23.2. The fourth-order valence-electron chi connectivity index (χ4n) is 3.51. The van der Waals surface area contributed by atoms with Crippen molar-refractivity contribution < 1.29 is 32.3 Å². The van der Waals surface area contributed by atoms with Gasteiger partial charge in [0.2, 0.25) is 0 Å². The van der Waals surface area contributed by atoms with Gasteiger partial charge in [0.15, 0.2) is 11.5 Å². The van der Waals surface area contributed by atoms with E-state index >= 15 is 0 Å². The van der Waals surface area contributed by atoms with E-state index in [4.69, 9.17) is 14.2 Å². The van der Waals surface area contributed by atoms with Crippen LogP contribution < -0.4 is 23.9 Å². The van der Waals surface area contributed by atoms with E-state index in [2.05, 4.69) is 17.1 Å². The Morgan fingerprint density at radius 3 is 2.42 bits per heavy atom. The van der Waals surface area contributed by atoms with E-state index in [-0.39, 0.29) is 16.3 Å². The number of nitro benzene ring substituents is 1. The summed E-state index contributed by atoms with van der Waals surface area (Å²) in [6.45, 7) is 4.73. The van der Waals surface area contributed by atoms with Gasteiger partial charge in [-0.25, -0.2) is 13.8 Å². The zero-order chi connectivity index (χ0) is 29.3. The van der Waals surface area contributed by atoms with Gasteiger partial charge in [-0.05, 0) is 61.0 Å². The molecule has 0 aliphatic carbocycles. The first-order valence-corrected chi connectivity index (χ1v) is 13.2. The van der Waals surface area contributed by atoms with E-state index in [1.165, 1.54) is 63.8 Å². The Morgan fingerprint density at radius 1 is 1.07 bits per heavy atom. The molecule has 0 spiro atoms. The monoisotopic (exact) mass is 568 g/mol. The predicted molar refractivity (Wildman–Crippen MR) is 150 cm³/mol. The van der Waals surface area contributed by atoms with Crippen LogP contribution in [0.2, 0.25) is 0 Å². The quantitative estimate of drug-likeness (QED) is 0.141. The fourth-order valence-corrected chi connectivity index (χ4v) is 4.96. The molecule has 210 valence electrons. The van der Waals surface area contributed by atoms with Gasteiger partial charge in [0.25, 0.3) is 21.6 Å². The maximum atomic E-state index is 13.6. The van der Waals surface area contributed by atoms with E-state index in [9.17, 15) is 23.3 Å². The second-order valence-electron chi connectivity index (χ2n) is 8.22. The number of benzene rings is 3. The van der Waals surface area contributed by atoms with Gasteiger partial charge >= 0.3 is 0 Å². The minimum atomic E-state index is -4.40. The van der Waals surface area contributed by atoms with Gasteiger partial charge in [0.1, 0.15) is 18.9 Å². The molecule has 40 heavy (non-hydrogen) atoms. The van der Waals surface area contributed by atoms with Gasteiger partial charge in [-0.2, -0.15) is 5.10 Å². The molecule has 13 heteroatoms. The van der Waals surface area contributed by atoms with E-state index in [0.29, 0.717) is 35.0 Å². The van der Waals surface area contributed by atoms with Gasteiger partial charge in [0.05, 0.1) is 35.9 Å². The number of aryl methyl sites for hydroxylation is 1. The molecule has 0 heterocycles. The van der Waals surface area contributed by atoms with Crippen molar-refractivity contribution in [3.63, 3.8) is 0 Å². The SMILES string of the molecule is C=CCOc1ccc(/C=N\NC(=O)CN(c2ccc(OC)cc2)S(=O)(=O)c2ccc(C)c([N+](=O)[O-])c2)cc1OC. The number of anilines is 1. The highest BCUT2D eigenvalue weighted by Gasteiger charge is 2.29. The number of ether oxygens (including phenoxy) is 3. The van der Waals surface area contributed by atoms with E-state index < -0.39 is 27.4 Å². The van der Waals surface area contributed by atoms with Crippen LogP contribution in [0.4, 0.5) is 11.4 Å². The summed E-state index contributed by atoms with van der Waals surface area (Å²) in [6, 6.07) is 14.5. The molecular weight excluding hydrogens is 540 g/mol. The molecule has 0 atom stereocenters. The molecule has 0 saturated heterocycles. The lowest BCUT2D eigenvalue weighted by Gasteiger charge is -2.24. The van der Waals surface area contributed by atoms with Gasteiger partial charge in [-0.15, -0.1) is 0 Å². The molecule has 0 bridgehead atoms. The summed E-state index contributed by atoms with van der Waals surface area (Å²) < 4.78 is 44.0. The van der Waals surface area contributed by atoms with E-state index in [0.717, 1.165) is 10.4 Å². The minimum absolute atomic E-state index is 0.142. The van der Waals surface area contributed by atoms with Crippen molar-refractivity contribution in [3.05, 3.63) is 94.6 Å². The number of amides is 1. The first kappa shape index (κ1) is 29.6. The Morgan fingerprint density at radius 2 is 1.80 bits per heavy atom. The third-order valence-corrected chi connectivity index (χ3v) is 7.33. The van der Waals surface area contributed by atoms with Crippen molar-refractivity contribution in [2.45, 2.75) is 11.8 Å². The zero-order valence-electron chi connectivity index (χ0n) is 22.1. The molecule has 0 aliphatic heterocycles. The molecule has 0 aromatic heterocycles. The normalized spacial score (nSPS) is 11.1. The molecule has 0 fully saturated rings. The van der Waals surface area contributed by atoms with Gasteiger partial charge < -0.3 is 14.2 Å². The van der Waals surface area contributed by atoms with Crippen LogP contribution in [0.5, 0.6) is 17.2 Å². The average Bonchev–Trinajstić information content (AvgIpc) is 2.95. The van der Waals surface area contributed by atoms with Crippen molar-refractivity contribution in [2.24, 2.45) is 5.10 Å².